The molecule has 1 aromatic rings. The Morgan fingerprint density at radius 1 is 1.03 bits per heavy atom. The molecule has 2 saturated heterocycles. The van der Waals surface area contributed by atoms with Gasteiger partial charge in [0.15, 0.2) is 0 Å². The SMILES string of the molecule is CC1CCCN(CCC(=O)N2CCC(c3ccc(C(=O)NC4CCCC4)cn3)CC2)C1. The molecule has 1 unspecified atom stereocenters. The number of carbonyl (C=O) groups is 2. The molecule has 1 aromatic heterocycles. The maximum absolute atomic E-state index is 12.7. The van der Waals surface area contributed by atoms with E-state index in [4.69, 9.17) is 0 Å². The lowest BCUT2D eigenvalue weighted by atomic mass is 9.92. The predicted molar refractivity (Wildman–Crippen MR) is 122 cm³/mol. The van der Waals surface area contributed by atoms with Crippen molar-refractivity contribution in [2.75, 3.05) is 32.7 Å². The molecule has 1 saturated carbocycles. The van der Waals surface area contributed by atoms with E-state index in [9.17, 15) is 9.59 Å². The number of pyridine rings is 1. The lowest BCUT2D eigenvalue weighted by Crippen LogP contribution is -2.41. The zero-order chi connectivity index (χ0) is 21.6. The molecule has 2 aliphatic heterocycles. The Morgan fingerprint density at radius 3 is 2.48 bits per heavy atom. The third-order valence-corrected chi connectivity index (χ3v) is 7.39. The van der Waals surface area contributed by atoms with Gasteiger partial charge >= 0.3 is 0 Å². The summed E-state index contributed by atoms with van der Waals surface area (Å²) in [6.07, 6.45) is 11.4. The fraction of sp³-hybridized carbons (Fsp3) is 0.720. The molecule has 3 aliphatic rings. The number of nitrogens with one attached hydrogen (secondary N) is 1. The molecule has 6 nitrogen and oxygen atoms in total. The van der Waals surface area contributed by atoms with E-state index in [0.29, 0.717) is 29.9 Å². The van der Waals surface area contributed by atoms with Crippen molar-refractivity contribution in [3.8, 4) is 0 Å². The standard InChI is InChI=1S/C25H38N4O2/c1-19-5-4-13-28(18-19)14-12-24(30)29-15-10-20(11-16-29)23-9-8-21(17-26-23)25(31)27-22-6-2-3-7-22/h8-9,17,19-20,22H,2-7,10-16,18H2,1H3,(H,27,31). The average Bonchev–Trinajstić information content (AvgIpc) is 3.31. The topological polar surface area (TPSA) is 65.5 Å². The summed E-state index contributed by atoms with van der Waals surface area (Å²) in [5, 5.41) is 3.12. The van der Waals surface area contributed by atoms with Gasteiger partial charge in [-0.1, -0.05) is 19.8 Å². The lowest BCUT2D eigenvalue weighted by molar-refractivity contribution is -0.132. The molecule has 4 rings (SSSR count). The quantitative estimate of drug-likeness (QED) is 0.755. The molecule has 31 heavy (non-hydrogen) atoms. The summed E-state index contributed by atoms with van der Waals surface area (Å²) in [7, 11) is 0. The smallest absolute Gasteiger partial charge is 0.253 e. The average molecular weight is 427 g/mol. The van der Waals surface area contributed by atoms with Crippen LogP contribution in [-0.4, -0.2) is 65.4 Å². The van der Waals surface area contributed by atoms with Crippen molar-refractivity contribution in [3.05, 3.63) is 29.6 Å². The Labute approximate surface area is 186 Å². The van der Waals surface area contributed by atoms with Crippen LogP contribution < -0.4 is 5.32 Å². The minimum absolute atomic E-state index is 0.00512. The molecule has 0 bridgehead atoms. The van der Waals surface area contributed by atoms with Crippen LogP contribution in [0.1, 0.15) is 86.7 Å². The van der Waals surface area contributed by atoms with Crippen molar-refractivity contribution in [1.82, 2.24) is 20.1 Å². The van der Waals surface area contributed by atoms with Crippen molar-refractivity contribution in [1.29, 1.82) is 0 Å². The highest BCUT2D eigenvalue weighted by atomic mass is 16.2. The predicted octanol–water partition coefficient (Wildman–Crippen LogP) is 3.58. The molecule has 0 spiro atoms. The van der Waals surface area contributed by atoms with Gasteiger partial charge in [-0.3, -0.25) is 14.6 Å². The van der Waals surface area contributed by atoms with Gasteiger partial charge in [0.1, 0.15) is 0 Å². The maximum Gasteiger partial charge on any atom is 0.253 e. The zero-order valence-corrected chi connectivity index (χ0v) is 19.0. The molecule has 0 aromatic carbocycles. The van der Waals surface area contributed by atoms with Crippen molar-refractivity contribution in [2.45, 2.75) is 76.7 Å². The highest BCUT2D eigenvalue weighted by molar-refractivity contribution is 5.94. The second-order valence-electron chi connectivity index (χ2n) is 9.88. The minimum atomic E-state index is -0.00512. The van der Waals surface area contributed by atoms with Gasteiger partial charge in [0.2, 0.25) is 5.91 Å². The first-order chi connectivity index (χ1) is 15.1. The number of hydrogen-bond donors (Lipinski definition) is 1. The monoisotopic (exact) mass is 426 g/mol. The van der Waals surface area contributed by atoms with Crippen LogP contribution in [0.5, 0.6) is 0 Å². The van der Waals surface area contributed by atoms with E-state index in [1.165, 1.54) is 25.7 Å². The van der Waals surface area contributed by atoms with Crippen molar-refractivity contribution >= 4 is 11.8 Å². The van der Waals surface area contributed by atoms with E-state index in [2.05, 4.69) is 22.1 Å². The van der Waals surface area contributed by atoms with Crippen molar-refractivity contribution in [2.24, 2.45) is 5.92 Å². The summed E-state index contributed by atoms with van der Waals surface area (Å²) in [6.45, 7) is 7.10. The second-order valence-corrected chi connectivity index (χ2v) is 9.88. The van der Waals surface area contributed by atoms with Gasteiger partial charge in [-0.2, -0.15) is 0 Å². The van der Waals surface area contributed by atoms with E-state index in [-0.39, 0.29) is 5.91 Å². The molecule has 1 aliphatic carbocycles. The summed E-state index contributed by atoms with van der Waals surface area (Å²) in [5.74, 6) is 1.42. The maximum atomic E-state index is 12.7. The largest absolute Gasteiger partial charge is 0.349 e. The molecule has 2 amide bonds. The first-order valence-corrected chi connectivity index (χ1v) is 12.4. The van der Waals surface area contributed by atoms with E-state index >= 15 is 0 Å². The van der Waals surface area contributed by atoms with Crippen LogP contribution >= 0.6 is 0 Å². The Balaban J connectivity index is 1.21. The lowest BCUT2D eigenvalue weighted by Gasteiger charge is -2.34. The molecule has 3 heterocycles. The number of nitrogens with zero attached hydrogens (tertiary/aromatic N) is 3. The van der Waals surface area contributed by atoms with Gasteiger partial charge in [-0.25, -0.2) is 0 Å². The molecule has 0 radical (unpaired) electrons. The Bertz CT molecular complexity index is 736. The number of likely N-dealkylation sites (tertiary alicyclic amines) is 2. The molecular formula is C25H38N4O2. The summed E-state index contributed by atoms with van der Waals surface area (Å²) < 4.78 is 0. The van der Waals surface area contributed by atoms with Crippen LogP contribution in [0, 0.1) is 5.92 Å². The zero-order valence-electron chi connectivity index (χ0n) is 19.0. The van der Waals surface area contributed by atoms with E-state index in [0.717, 1.165) is 70.0 Å². The van der Waals surface area contributed by atoms with Crippen LogP contribution in [0.15, 0.2) is 18.3 Å². The van der Waals surface area contributed by atoms with Crippen LogP contribution in [0.2, 0.25) is 0 Å². The summed E-state index contributed by atoms with van der Waals surface area (Å²) >= 11 is 0. The summed E-state index contributed by atoms with van der Waals surface area (Å²) in [5.41, 5.74) is 1.70. The highest BCUT2D eigenvalue weighted by Crippen LogP contribution is 2.27. The van der Waals surface area contributed by atoms with Crippen LogP contribution in [-0.2, 0) is 4.79 Å². The van der Waals surface area contributed by atoms with E-state index < -0.39 is 0 Å². The molecule has 1 atom stereocenters. The van der Waals surface area contributed by atoms with Gasteiger partial charge in [-0.05, 0) is 63.1 Å². The van der Waals surface area contributed by atoms with Crippen molar-refractivity contribution in [3.63, 3.8) is 0 Å². The van der Waals surface area contributed by atoms with Crippen LogP contribution in [0.25, 0.3) is 0 Å². The molecule has 3 fully saturated rings. The summed E-state index contributed by atoms with van der Waals surface area (Å²) in [4.78, 5) is 34.2. The van der Waals surface area contributed by atoms with Crippen LogP contribution in [0.3, 0.4) is 0 Å². The number of amides is 2. The molecule has 170 valence electrons. The molecule has 1 N–H and O–H groups in total. The highest BCUT2D eigenvalue weighted by Gasteiger charge is 2.26. The first-order valence-electron chi connectivity index (χ1n) is 12.4. The van der Waals surface area contributed by atoms with Crippen molar-refractivity contribution < 1.29 is 9.59 Å². The van der Waals surface area contributed by atoms with Gasteiger partial charge in [0.25, 0.3) is 5.91 Å². The number of carbonyl (C=O) groups excluding carboxylic acids is 2. The van der Waals surface area contributed by atoms with E-state index in [1.807, 2.05) is 17.0 Å². The Hall–Kier alpha value is -1.95. The minimum Gasteiger partial charge on any atom is -0.349 e. The van der Waals surface area contributed by atoms with Crippen LogP contribution in [0.4, 0.5) is 0 Å². The normalized spacial score (nSPS) is 23.8. The van der Waals surface area contributed by atoms with E-state index in [1.54, 1.807) is 6.20 Å². The van der Waals surface area contributed by atoms with Gasteiger partial charge in [0, 0.05) is 56.5 Å². The van der Waals surface area contributed by atoms with Gasteiger partial charge in [0.05, 0.1) is 5.56 Å². The molecule has 6 heteroatoms. The fourth-order valence-corrected chi connectivity index (χ4v) is 5.45. The number of aromatic nitrogens is 1. The molecular weight excluding hydrogens is 388 g/mol. The Morgan fingerprint density at radius 2 is 1.81 bits per heavy atom. The summed E-state index contributed by atoms with van der Waals surface area (Å²) in [6, 6.07) is 4.24. The van der Waals surface area contributed by atoms with Gasteiger partial charge in [-0.15, -0.1) is 0 Å². The second kappa shape index (κ2) is 10.6. The number of piperidine rings is 2. The third kappa shape index (κ3) is 6.06. The first kappa shape index (κ1) is 22.3. The third-order valence-electron chi connectivity index (χ3n) is 7.39. The Kier molecular flexibility index (Phi) is 7.59. The number of rotatable bonds is 6. The van der Waals surface area contributed by atoms with Gasteiger partial charge < -0.3 is 15.1 Å². The number of hydrogen-bond acceptors (Lipinski definition) is 4. The fourth-order valence-electron chi connectivity index (χ4n) is 5.45.